The molecule has 0 radical (unpaired) electrons. The molecule has 0 spiro atoms. The van der Waals surface area contributed by atoms with Crippen molar-refractivity contribution in [3.05, 3.63) is 21.8 Å². The lowest BCUT2D eigenvalue weighted by molar-refractivity contribution is -0.133. The zero-order chi connectivity index (χ0) is 14.9. The molecule has 0 fully saturated rings. The van der Waals surface area contributed by atoms with Crippen LogP contribution in [0.25, 0.3) is 10.2 Å². The third kappa shape index (κ3) is 2.68. The molecule has 20 heavy (non-hydrogen) atoms. The van der Waals surface area contributed by atoms with Gasteiger partial charge in [-0.25, -0.2) is 4.98 Å². The molecule has 2 heterocycles. The van der Waals surface area contributed by atoms with Gasteiger partial charge in [-0.2, -0.15) is 0 Å². The second kappa shape index (κ2) is 5.63. The van der Waals surface area contributed by atoms with Crippen LogP contribution in [0.5, 0.6) is 0 Å². The molecule has 0 bridgehead atoms. The first kappa shape index (κ1) is 14.5. The minimum Gasteiger partial charge on any atom is -0.481 e. The van der Waals surface area contributed by atoms with E-state index in [1.807, 2.05) is 0 Å². The van der Waals surface area contributed by atoms with Crippen molar-refractivity contribution >= 4 is 45.2 Å². The molecule has 2 aromatic rings. The van der Waals surface area contributed by atoms with Gasteiger partial charge >= 0.3 is 5.97 Å². The van der Waals surface area contributed by atoms with Crippen molar-refractivity contribution in [3.63, 3.8) is 0 Å². The summed E-state index contributed by atoms with van der Waals surface area (Å²) in [5.41, 5.74) is 5.33. The second-order valence-corrected chi connectivity index (χ2v) is 5.82. The van der Waals surface area contributed by atoms with Crippen molar-refractivity contribution in [2.24, 2.45) is 5.73 Å². The summed E-state index contributed by atoms with van der Waals surface area (Å²) >= 11 is 2.10. The average Bonchev–Trinajstić information content (AvgIpc) is 2.84. The van der Waals surface area contributed by atoms with Gasteiger partial charge in [0, 0.05) is 0 Å². The lowest BCUT2D eigenvalue weighted by Gasteiger charge is -2.15. The van der Waals surface area contributed by atoms with Crippen molar-refractivity contribution < 1.29 is 14.7 Å². The van der Waals surface area contributed by atoms with Gasteiger partial charge < -0.3 is 10.8 Å². The Morgan fingerprint density at radius 3 is 2.90 bits per heavy atom. The minimum absolute atomic E-state index is 0.176. The van der Waals surface area contributed by atoms with Crippen molar-refractivity contribution in [2.45, 2.75) is 18.1 Å². The van der Waals surface area contributed by atoms with Gasteiger partial charge in [-0.1, -0.05) is 11.8 Å². The van der Waals surface area contributed by atoms with E-state index in [4.69, 9.17) is 10.8 Å². The summed E-state index contributed by atoms with van der Waals surface area (Å²) in [6, 6.07) is 0.781. The normalized spacial score (nSPS) is 12.4. The Morgan fingerprint density at radius 1 is 1.60 bits per heavy atom. The molecular weight excluding hydrogens is 302 g/mol. The fourth-order valence-electron chi connectivity index (χ4n) is 1.60. The Kier molecular flexibility index (Phi) is 4.09. The quantitative estimate of drug-likeness (QED) is 0.619. The highest BCUT2D eigenvalue weighted by Gasteiger charge is 2.21. The number of fused-ring (bicyclic) bond motifs is 1. The van der Waals surface area contributed by atoms with Crippen molar-refractivity contribution in [1.29, 1.82) is 0 Å². The molecule has 0 aliphatic heterocycles. The number of carbonyl (C=O) groups is 2. The van der Waals surface area contributed by atoms with E-state index in [2.05, 4.69) is 4.98 Å². The molecule has 7 nitrogen and oxygen atoms in total. The van der Waals surface area contributed by atoms with E-state index in [1.165, 1.54) is 18.3 Å². The van der Waals surface area contributed by atoms with Gasteiger partial charge in [0.05, 0.1) is 11.3 Å². The standard InChI is InChI=1S/C11H11N3O4S2/c1-5(9(12)17)14-10(18)8-6(2-3-19-8)13-11(14)20-4-7(15)16/h2-3,5H,4H2,1H3,(H2,12,17)(H,15,16). The maximum atomic E-state index is 12.4. The van der Waals surface area contributed by atoms with Crippen LogP contribution >= 0.6 is 23.1 Å². The number of aliphatic carboxylic acids is 1. The SMILES string of the molecule is CC(C(N)=O)n1c(SCC(=O)O)nc2ccsc2c1=O. The van der Waals surface area contributed by atoms with E-state index in [0.717, 1.165) is 16.3 Å². The average molecular weight is 313 g/mol. The summed E-state index contributed by atoms with van der Waals surface area (Å²) in [4.78, 5) is 38.6. The van der Waals surface area contributed by atoms with Crippen molar-refractivity contribution in [2.75, 3.05) is 5.75 Å². The number of carboxylic acid groups (broad SMARTS) is 1. The minimum atomic E-state index is -1.03. The van der Waals surface area contributed by atoms with Gasteiger partial charge in [-0.3, -0.25) is 19.0 Å². The lowest BCUT2D eigenvalue weighted by Crippen LogP contribution is -2.33. The Morgan fingerprint density at radius 2 is 2.30 bits per heavy atom. The van der Waals surface area contributed by atoms with Gasteiger partial charge in [-0.05, 0) is 18.4 Å². The molecular formula is C11H11N3O4S2. The Hall–Kier alpha value is -1.87. The number of hydrogen-bond acceptors (Lipinski definition) is 6. The molecule has 0 saturated heterocycles. The summed E-state index contributed by atoms with van der Waals surface area (Å²) in [7, 11) is 0. The number of aromatic nitrogens is 2. The van der Waals surface area contributed by atoms with E-state index in [0.29, 0.717) is 10.2 Å². The van der Waals surface area contributed by atoms with Gasteiger partial charge in [0.1, 0.15) is 10.7 Å². The van der Waals surface area contributed by atoms with Gasteiger partial charge in [0.2, 0.25) is 5.91 Å². The molecule has 2 aromatic heterocycles. The van der Waals surface area contributed by atoms with Gasteiger partial charge in [0.15, 0.2) is 5.16 Å². The third-order valence-electron chi connectivity index (χ3n) is 2.60. The van der Waals surface area contributed by atoms with Crippen molar-refractivity contribution in [1.82, 2.24) is 9.55 Å². The van der Waals surface area contributed by atoms with Crippen molar-refractivity contribution in [3.8, 4) is 0 Å². The molecule has 9 heteroatoms. The van der Waals surface area contributed by atoms with Crippen LogP contribution < -0.4 is 11.3 Å². The Bertz CT molecular complexity index is 737. The topological polar surface area (TPSA) is 115 Å². The van der Waals surface area contributed by atoms with E-state index < -0.39 is 17.9 Å². The smallest absolute Gasteiger partial charge is 0.313 e. The fraction of sp³-hybridized carbons (Fsp3) is 0.273. The fourth-order valence-corrected chi connectivity index (χ4v) is 3.16. The number of nitrogens with two attached hydrogens (primary N) is 1. The largest absolute Gasteiger partial charge is 0.481 e. The number of thioether (sulfide) groups is 1. The summed E-state index contributed by atoms with van der Waals surface area (Å²) in [5, 5.41) is 10.6. The van der Waals surface area contributed by atoms with Crippen LogP contribution in [0.2, 0.25) is 0 Å². The summed E-state index contributed by atoms with van der Waals surface area (Å²) < 4.78 is 1.56. The summed E-state index contributed by atoms with van der Waals surface area (Å²) in [6.07, 6.45) is 0. The molecule has 1 atom stereocenters. The molecule has 3 N–H and O–H groups in total. The van der Waals surface area contributed by atoms with Crippen LogP contribution in [0.4, 0.5) is 0 Å². The first-order valence-corrected chi connectivity index (χ1v) is 7.42. The monoisotopic (exact) mass is 313 g/mol. The first-order valence-electron chi connectivity index (χ1n) is 5.55. The lowest BCUT2D eigenvalue weighted by atomic mass is 10.3. The maximum Gasteiger partial charge on any atom is 0.313 e. The van der Waals surface area contributed by atoms with Crippen LogP contribution in [0, 0.1) is 0 Å². The van der Waals surface area contributed by atoms with Gasteiger partial charge in [-0.15, -0.1) is 11.3 Å². The molecule has 2 rings (SSSR count). The highest BCUT2D eigenvalue weighted by Crippen LogP contribution is 2.23. The Balaban J connectivity index is 2.62. The van der Waals surface area contributed by atoms with Crippen LogP contribution in [-0.2, 0) is 9.59 Å². The highest BCUT2D eigenvalue weighted by atomic mass is 32.2. The third-order valence-corrected chi connectivity index (χ3v) is 4.43. The molecule has 1 amide bonds. The number of rotatable bonds is 5. The number of nitrogens with zero attached hydrogens (tertiary/aromatic N) is 2. The molecule has 0 saturated carbocycles. The zero-order valence-corrected chi connectivity index (χ0v) is 12.0. The summed E-state index contributed by atoms with van der Waals surface area (Å²) in [6.45, 7) is 1.48. The number of primary amides is 1. The number of hydrogen-bond donors (Lipinski definition) is 2. The predicted molar refractivity (Wildman–Crippen MR) is 76.1 cm³/mol. The number of thiophene rings is 1. The van der Waals surface area contributed by atoms with Crippen LogP contribution in [0.15, 0.2) is 21.4 Å². The molecule has 0 aromatic carbocycles. The number of amides is 1. The van der Waals surface area contributed by atoms with E-state index in [9.17, 15) is 14.4 Å². The first-order chi connectivity index (χ1) is 9.41. The van der Waals surface area contributed by atoms with Crippen LogP contribution in [-0.4, -0.2) is 32.3 Å². The molecule has 1 unspecified atom stereocenters. The Labute approximate surface area is 121 Å². The number of carboxylic acids is 1. The zero-order valence-electron chi connectivity index (χ0n) is 10.4. The maximum absolute atomic E-state index is 12.4. The van der Waals surface area contributed by atoms with E-state index in [1.54, 1.807) is 11.4 Å². The summed E-state index contributed by atoms with van der Waals surface area (Å²) in [5.74, 6) is -1.97. The molecule has 0 aliphatic carbocycles. The van der Waals surface area contributed by atoms with Gasteiger partial charge in [0.25, 0.3) is 5.56 Å². The van der Waals surface area contributed by atoms with Crippen LogP contribution in [0.3, 0.4) is 0 Å². The molecule has 106 valence electrons. The van der Waals surface area contributed by atoms with E-state index >= 15 is 0 Å². The second-order valence-electron chi connectivity index (χ2n) is 3.97. The van der Waals surface area contributed by atoms with E-state index in [-0.39, 0.29) is 16.5 Å². The molecule has 0 aliphatic rings. The number of carbonyl (C=O) groups excluding carboxylic acids is 1. The van der Waals surface area contributed by atoms with Crippen LogP contribution in [0.1, 0.15) is 13.0 Å². The predicted octanol–water partition coefficient (Wildman–Crippen LogP) is 0.681. The highest BCUT2D eigenvalue weighted by molar-refractivity contribution is 7.99.